The smallest absolute Gasteiger partial charge is 0.329 e. The van der Waals surface area contributed by atoms with Gasteiger partial charge >= 0.3 is 11.9 Å². The van der Waals surface area contributed by atoms with Gasteiger partial charge in [-0.2, -0.15) is 0 Å². The second kappa shape index (κ2) is 7.31. The van der Waals surface area contributed by atoms with Crippen molar-refractivity contribution in [1.29, 1.82) is 0 Å². The monoisotopic (exact) mass is 428 g/mol. The molecule has 4 atom stereocenters. The Morgan fingerprint density at radius 2 is 1.77 bits per heavy atom. The summed E-state index contributed by atoms with van der Waals surface area (Å²) in [5.41, 5.74) is -0.537. The number of para-hydroxylation sites is 1. The summed E-state index contributed by atoms with van der Waals surface area (Å²) in [4.78, 5) is 27.3. The zero-order valence-corrected chi connectivity index (χ0v) is 18.6. The highest BCUT2D eigenvalue weighted by atomic mass is 16.7. The Hall–Kier alpha value is -1.92. The van der Waals surface area contributed by atoms with Crippen molar-refractivity contribution in [1.82, 2.24) is 0 Å². The number of esters is 2. The number of carbonyl (C=O) groups is 2. The van der Waals surface area contributed by atoms with Gasteiger partial charge in [0, 0.05) is 23.7 Å². The van der Waals surface area contributed by atoms with E-state index in [0.29, 0.717) is 25.4 Å². The average Bonchev–Trinajstić information content (AvgIpc) is 2.76. The zero-order chi connectivity index (χ0) is 21.9. The highest BCUT2D eigenvalue weighted by molar-refractivity contribution is 6.04. The maximum absolute atomic E-state index is 13.7. The van der Waals surface area contributed by atoms with Crippen LogP contribution in [0.25, 0.3) is 0 Å². The SMILES string of the molecule is CCOC(=O)C12C(=O)Oc3ccccc3C1CC1(OCC(C)(C)CO1)C1CCCCC12. The van der Waals surface area contributed by atoms with Gasteiger partial charge in [-0.25, -0.2) is 0 Å². The quantitative estimate of drug-likeness (QED) is 0.399. The number of ether oxygens (including phenoxy) is 4. The predicted octanol–water partition coefficient (Wildman–Crippen LogP) is 4.22. The van der Waals surface area contributed by atoms with Gasteiger partial charge in [0.25, 0.3) is 0 Å². The Kier molecular flexibility index (Phi) is 4.94. The van der Waals surface area contributed by atoms with Gasteiger partial charge in [0.2, 0.25) is 0 Å². The molecule has 2 heterocycles. The van der Waals surface area contributed by atoms with Crippen molar-refractivity contribution in [3.05, 3.63) is 29.8 Å². The lowest BCUT2D eigenvalue weighted by Gasteiger charge is -2.61. The van der Waals surface area contributed by atoms with Crippen LogP contribution in [0, 0.1) is 22.7 Å². The largest absolute Gasteiger partial charge is 0.465 e. The van der Waals surface area contributed by atoms with Crippen molar-refractivity contribution in [2.45, 2.75) is 64.6 Å². The first-order chi connectivity index (χ1) is 14.8. The number of benzene rings is 1. The van der Waals surface area contributed by atoms with E-state index in [1.165, 1.54) is 0 Å². The van der Waals surface area contributed by atoms with Crippen molar-refractivity contribution in [3.63, 3.8) is 0 Å². The lowest BCUT2D eigenvalue weighted by Crippen LogP contribution is -2.68. The number of fused-ring (bicyclic) bond motifs is 6. The highest BCUT2D eigenvalue weighted by Gasteiger charge is 2.72. The summed E-state index contributed by atoms with van der Waals surface area (Å²) in [5, 5.41) is 0. The zero-order valence-electron chi connectivity index (χ0n) is 18.6. The molecule has 2 aliphatic carbocycles. The molecule has 4 unspecified atom stereocenters. The Morgan fingerprint density at radius 1 is 1.10 bits per heavy atom. The third-order valence-electron chi connectivity index (χ3n) is 7.82. The van der Waals surface area contributed by atoms with Gasteiger partial charge in [0.15, 0.2) is 11.2 Å². The topological polar surface area (TPSA) is 71.1 Å². The van der Waals surface area contributed by atoms with Crippen LogP contribution in [0.1, 0.15) is 64.4 Å². The highest BCUT2D eigenvalue weighted by Crippen LogP contribution is 2.65. The fourth-order valence-corrected chi connectivity index (χ4v) is 6.43. The Labute approximate surface area is 183 Å². The summed E-state index contributed by atoms with van der Waals surface area (Å²) in [7, 11) is 0. The Balaban J connectivity index is 1.68. The van der Waals surface area contributed by atoms with Gasteiger partial charge in [-0.05, 0) is 37.3 Å². The summed E-state index contributed by atoms with van der Waals surface area (Å²) in [5.74, 6) is -1.87. The first-order valence-corrected chi connectivity index (χ1v) is 11.6. The lowest BCUT2D eigenvalue weighted by molar-refractivity contribution is -0.354. The van der Waals surface area contributed by atoms with Crippen molar-refractivity contribution in [3.8, 4) is 5.75 Å². The molecular formula is C25H32O6. The molecule has 2 aliphatic heterocycles. The summed E-state index contributed by atoms with van der Waals surface area (Å²) in [6.07, 6.45) is 4.08. The predicted molar refractivity (Wildman–Crippen MR) is 112 cm³/mol. The van der Waals surface area contributed by atoms with E-state index < -0.39 is 29.1 Å². The molecule has 1 saturated heterocycles. The van der Waals surface area contributed by atoms with Gasteiger partial charge in [0.1, 0.15) is 5.75 Å². The molecule has 3 fully saturated rings. The summed E-state index contributed by atoms with van der Waals surface area (Å²) < 4.78 is 24.5. The van der Waals surface area contributed by atoms with Crippen molar-refractivity contribution >= 4 is 11.9 Å². The van der Waals surface area contributed by atoms with Gasteiger partial charge in [-0.3, -0.25) is 9.59 Å². The molecular weight excluding hydrogens is 396 g/mol. The molecule has 0 bridgehead atoms. The first kappa shape index (κ1) is 21.0. The van der Waals surface area contributed by atoms with Crippen LogP contribution in [0.4, 0.5) is 0 Å². The van der Waals surface area contributed by atoms with Crippen LogP contribution in [0.2, 0.25) is 0 Å². The van der Waals surface area contributed by atoms with Gasteiger partial charge in [0.05, 0.1) is 19.8 Å². The van der Waals surface area contributed by atoms with Crippen LogP contribution in [-0.4, -0.2) is 37.5 Å². The maximum atomic E-state index is 13.7. The number of hydrogen-bond acceptors (Lipinski definition) is 6. The van der Waals surface area contributed by atoms with Crippen LogP contribution in [0.3, 0.4) is 0 Å². The molecule has 6 heteroatoms. The molecule has 6 nitrogen and oxygen atoms in total. The molecule has 0 N–H and O–H groups in total. The van der Waals surface area contributed by atoms with E-state index in [-0.39, 0.29) is 23.9 Å². The first-order valence-electron chi connectivity index (χ1n) is 11.6. The molecule has 31 heavy (non-hydrogen) atoms. The average molecular weight is 429 g/mol. The third-order valence-corrected chi connectivity index (χ3v) is 7.82. The van der Waals surface area contributed by atoms with E-state index in [2.05, 4.69) is 13.8 Å². The molecule has 168 valence electrons. The van der Waals surface area contributed by atoms with E-state index >= 15 is 0 Å². The number of hydrogen-bond donors (Lipinski definition) is 0. The van der Waals surface area contributed by atoms with Crippen molar-refractivity contribution < 1.29 is 28.5 Å². The third kappa shape index (κ3) is 2.98. The molecule has 0 aromatic heterocycles. The minimum Gasteiger partial charge on any atom is -0.465 e. The molecule has 5 rings (SSSR count). The summed E-state index contributed by atoms with van der Waals surface area (Å²) in [6, 6.07) is 7.54. The summed E-state index contributed by atoms with van der Waals surface area (Å²) >= 11 is 0. The standard InChI is InChI=1S/C25H32O6/c1-4-28-21(26)25-18-11-7-6-10-17(18)24(29-14-23(2,3)15-30-24)13-19(25)16-9-5-8-12-20(16)31-22(25)27/h5,8-9,12,17-19H,4,6-7,10-11,13-15H2,1-3H3. The second-order valence-corrected chi connectivity index (χ2v) is 10.3. The van der Waals surface area contributed by atoms with E-state index in [0.717, 1.165) is 31.2 Å². The minimum atomic E-state index is -1.35. The van der Waals surface area contributed by atoms with Crippen LogP contribution >= 0.6 is 0 Å². The Morgan fingerprint density at radius 3 is 2.48 bits per heavy atom. The molecule has 1 spiro atoms. The molecule has 1 aromatic carbocycles. The van der Waals surface area contributed by atoms with Crippen LogP contribution < -0.4 is 4.74 Å². The van der Waals surface area contributed by atoms with Crippen molar-refractivity contribution in [2.24, 2.45) is 22.7 Å². The van der Waals surface area contributed by atoms with Crippen molar-refractivity contribution in [2.75, 3.05) is 19.8 Å². The second-order valence-electron chi connectivity index (χ2n) is 10.3. The van der Waals surface area contributed by atoms with E-state index in [1.54, 1.807) is 13.0 Å². The normalized spacial score (nSPS) is 35.3. The van der Waals surface area contributed by atoms with Crippen LogP contribution in [0.15, 0.2) is 24.3 Å². The summed E-state index contributed by atoms with van der Waals surface area (Å²) in [6.45, 7) is 7.48. The Bertz CT molecular complexity index is 882. The number of carbonyl (C=O) groups excluding carboxylic acids is 2. The fourth-order valence-electron chi connectivity index (χ4n) is 6.43. The molecule has 2 saturated carbocycles. The molecule has 1 aromatic rings. The van der Waals surface area contributed by atoms with Gasteiger partial charge in [-0.1, -0.05) is 44.9 Å². The van der Waals surface area contributed by atoms with E-state index in [1.807, 2.05) is 18.2 Å². The van der Waals surface area contributed by atoms with Crippen LogP contribution in [0.5, 0.6) is 5.75 Å². The van der Waals surface area contributed by atoms with Gasteiger partial charge < -0.3 is 18.9 Å². The maximum Gasteiger partial charge on any atom is 0.329 e. The van der Waals surface area contributed by atoms with E-state index in [9.17, 15) is 9.59 Å². The number of rotatable bonds is 2. The van der Waals surface area contributed by atoms with Gasteiger partial charge in [-0.15, -0.1) is 0 Å². The molecule has 0 amide bonds. The van der Waals surface area contributed by atoms with E-state index in [4.69, 9.17) is 18.9 Å². The molecule has 0 radical (unpaired) electrons. The van der Waals surface area contributed by atoms with Crippen LogP contribution in [-0.2, 0) is 23.8 Å². The fraction of sp³-hybridized carbons (Fsp3) is 0.680. The molecule has 4 aliphatic rings. The minimum absolute atomic E-state index is 0.0455. The lowest BCUT2D eigenvalue weighted by atomic mass is 9.49.